The fourth-order valence-electron chi connectivity index (χ4n) is 8.95. The molecular weight excluding hydrogens is 1080 g/mol. The SMILES string of the molecule is CCCCCCCCCCCC(=O)OC[C@H](COP(=O)([O-])OCC[N+](C)(C)C)OC(=O)CCCCCCCCCCC.CCCCCCCCCCCCOC[C@H](COP(=O)([O-])OCC[N+](C)(C)C)OCCCCCCCCCCCC. The molecular formula is C64H132N2O14P2. The minimum absolute atomic E-state index is 0.0267. The molecule has 0 rings (SSSR count). The van der Waals surface area contributed by atoms with Crippen molar-refractivity contribution in [2.45, 2.75) is 297 Å². The van der Waals surface area contributed by atoms with E-state index in [1.54, 1.807) is 0 Å². The summed E-state index contributed by atoms with van der Waals surface area (Å²) in [4.78, 5) is 49.2. The number of quaternary nitrogens is 2. The van der Waals surface area contributed by atoms with Crippen LogP contribution in [0.4, 0.5) is 0 Å². The molecule has 0 amide bonds. The highest BCUT2D eigenvalue weighted by atomic mass is 31.2. The van der Waals surface area contributed by atoms with Crippen LogP contribution in [0.3, 0.4) is 0 Å². The molecule has 0 fully saturated rings. The van der Waals surface area contributed by atoms with Gasteiger partial charge in [0, 0.05) is 26.1 Å². The van der Waals surface area contributed by atoms with Crippen molar-refractivity contribution in [2.75, 3.05) is 108 Å². The molecule has 0 radical (unpaired) electrons. The molecule has 0 aliphatic carbocycles. The number of hydrogen-bond acceptors (Lipinski definition) is 14. The Morgan fingerprint density at radius 2 is 0.659 bits per heavy atom. The second-order valence-corrected chi connectivity index (χ2v) is 27.9. The van der Waals surface area contributed by atoms with E-state index in [-0.39, 0.29) is 45.2 Å². The molecule has 16 nitrogen and oxygen atoms in total. The predicted molar refractivity (Wildman–Crippen MR) is 334 cm³/mol. The first kappa shape index (κ1) is 83.1. The fourth-order valence-corrected chi connectivity index (χ4v) is 10.4. The van der Waals surface area contributed by atoms with Crippen LogP contribution in [0.25, 0.3) is 0 Å². The van der Waals surface area contributed by atoms with Gasteiger partial charge in [0.25, 0.3) is 15.6 Å². The lowest BCUT2D eigenvalue weighted by molar-refractivity contribution is -0.870. The Morgan fingerprint density at radius 1 is 0.354 bits per heavy atom. The third-order valence-corrected chi connectivity index (χ3v) is 16.3. The molecule has 0 bridgehead atoms. The summed E-state index contributed by atoms with van der Waals surface area (Å²) in [6.07, 6.45) is 45.1. The van der Waals surface area contributed by atoms with Crippen LogP contribution >= 0.6 is 15.6 Å². The molecule has 18 heteroatoms. The summed E-state index contributed by atoms with van der Waals surface area (Å²) in [5.74, 6) is -0.837. The highest BCUT2D eigenvalue weighted by Gasteiger charge is 2.22. The van der Waals surface area contributed by atoms with Gasteiger partial charge in [0.1, 0.15) is 39.0 Å². The minimum atomic E-state index is -4.60. The van der Waals surface area contributed by atoms with E-state index in [4.69, 9.17) is 37.0 Å². The van der Waals surface area contributed by atoms with E-state index in [1.165, 1.54) is 180 Å². The summed E-state index contributed by atoms with van der Waals surface area (Å²) in [7, 11) is 2.77. The molecule has 0 saturated heterocycles. The van der Waals surface area contributed by atoms with Gasteiger partial charge >= 0.3 is 11.9 Å². The Labute approximate surface area is 505 Å². The molecule has 492 valence electrons. The molecule has 0 heterocycles. The van der Waals surface area contributed by atoms with E-state index in [0.29, 0.717) is 48.3 Å². The number of nitrogens with zero attached hydrogens (tertiary/aromatic N) is 2. The lowest BCUT2D eigenvalue weighted by atomic mass is 10.1. The number of carbonyl (C=O) groups excluding carboxylic acids is 2. The van der Waals surface area contributed by atoms with Crippen LogP contribution in [0.2, 0.25) is 0 Å². The standard InChI is InChI=1S/C32H64NO8P.C32H68NO6P/c1-6-8-10-12-14-16-18-20-22-24-31(34)38-28-30(29-40-42(36,37)39-27-26-33(3,4)5)41-32(35)25-23-21-19-17-15-13-11-9-7-2;1-6-8-10-12-14-16-18-20-22-24-27-36-30-32(31-39-40(34,35)38-29-26-33(3,4)5)37-28-25-23-21-19-17-15-13-11-9-7-2/h30H,6-29H2,1-5H3;32H,6-31H2,1-5H3/t30-;32-/m11/s1. The monoisotopic (exact) mass is 1210 g/mol. The number of hydrogen-bond donors (Lipinski definition) is 0. The number of phosphoric acid groups is 2. The Morgan fingerprint density at radius 3 is 1.01 bits per heavy atom. The molecule has 2 unspecified atom stereocenters. The zero-order valence-electron chi connectivity index (χ0n) is 55.0. The fraction of sp³-hybridized carbons (Fsp3) is 0.969. The second-order valence-electron chi connectivity index (χ2n) is 25.1. The van der Waals surface area contributed by atoms with Gasteiger partial charge in [-0.05, 0) is 25.7 Å². The van der Waals surface area contributed by atoms with Gasteiger partial charge in [-0.2, -0.15) is 0 Å². The third-order valence-electron chi connectivity index (χ3n) is 14.4. The first-order valence-electron chi connectivity index (χ1n) is 33.5. The molecule has 0 aromatic carbocycles. The molecule has 0 aliphatic heterocycles. The van der Waals surface area contributed by atoms with Gasteiger partial charge in [0.15, 0.2) is 6.10 Å². The van der Waals surface area contributed by atoms with Gasteiger partial charge in [-0.15, -0.1) is 0 Å². The Balaban J connectivity index is 0. The molecule has 0 saturated carbocycles. The summed E-state index contributed by atoms with van der Waals surface area (Å²) in [5.41, 5.74) is 0. The summed E-state index contributed by atoms with van der Waals surface area (Å²) in [5, 5.41) is 0. The molecule has 82 heavy (non-hydrogen) atoms. The Hall–Kier alpha value is -1.00. The Kier molecular flexibility index (Phi) is 58.5. The first-order valence-corrected chi connectivity index (χ1v) is 36.5. The molecule has 0 aromatic heterocycles. The maximum atomic E-state index is 12.5. The van der Waals surface area contributed by atoms with Gasteiger partial charge in [-0.3, -0.25) is 18.7 Å². The van der Waals surface area contributed by atoms with E-state index in [2.05, 4.69) is 27.7 Å². The van der Waals surface area contributed by atoms with Gasteiger partial charge in [-0.25, -0.2) is 0 Å². The number of unbranched alkanes of at least 4 members (excludes halogenated alkanes) is 34. The highest BCUT2D eigenvalue weighted by Crippen LogP contribution is 2.39. The van der Waals surface area contributed by atoms with Crippen LogP contribution in [0.5, 0.6) is 0 Å². The van der Waals surface area contributed by atoms with Crippen molar-refractivity contribution in [3.05, 3.63) is 0 Å². The molecule has 0 N–H and O–H groups in total. The van der Waals surface area contributed by atoms with Gasteiger partial charge in [0.2, 0.25) is 0 Å². The summed E-state index contributed by atoms with van der Waals surface area (Å²) in [6.45, 7) is 10.9. The zero-order valence-corrected chi connectivity index (χ0v) is 56.8. The molecule has 0 aromatic rings. The molecule has 0 spiro atoms. The molecule has 4 atom stereocenters. The average Bonchev–Trinajstić information content (AvgIpc) is 3.41. The maximum absolute atomic E-state index is 12.5. The van der Waals surface area contributed by atoms with E-state index in [1.807, 2.05) is 42.3 Å². The normalized spacial score (nSPS) is 14.2. The van der Waals surface area contributed by atoms with Crippen molar-refractivity contribution in [3.8, 4) is 0 Å². The number of likely N-dealkylation sites (N-methyl/N-ethyl adjacent to an activating group) is 2. The van der Waals surface area contributed by atoms with Gasteiger partial charge in [0.05, 0.1) is 62.1 Å². The number of rotatable bonds is 62. The van der Waals surface area contributed by atoms with Crippen LogP contribution in [0.15, 0.2) is 0 Å². The Bertz CT molecular complexity index is 1500. The van der Waals surface area contributed by atoms with E-state index in [9.17, 15) is 28.5 Å². The summed E-state index contributed by atoms with van der Waals surface area (Å²) < 4.78 is 68.5. The van der Waals surface area contributed by atoms with Crippen molar-refractivity contribution >= 4 is 27.6 Å². The highest BCUT2D eigenvalue weighted by molar-refractivity contribution is 7.46. The van der Waals surface area contributed by atoms with Crippen LogP contribution in [-0.2, 0) is 55.8 Å². The van der Waals surface area contributed by atoms with Crippen molar-refractivity contribution in [1.82, 2.24) is 0 Å². The van der Waals surface area contributed by atoms with E-state index < -0.39 is 40.4 Å². The van der Waals surface area contributed by atoms with Gasteiger partial charge in [-0.1, -0.05) is 246 Å². The topological polar surface area (TPSA) is 188 Å². The maximum Gasteiger partial charge on any atom is 0.306 e. The predicted octanol–water partition coefficient (Wildman–Crippen LogP) is 15.9. The van der Waals surface area contributed by atoms with Crippen molar-refractivity contribution in [2.24, 2.45) is 0 Å². The van der Waals surface area contributed by atoms with E-state index in [0.717, 1.165) is 57.8 Å². The van der Waals surface area contributed by atoms with Crippen LogP contribution in [0.1, 0.15) is 285 Å². The summed E-state index contributed by atoms with van der Waals surface area (Å²) in [6, 6.07) is 0. The quantitative estimate of drug-likeness (QED) is 0.0242. The zero-order chi connectivity index (χ0) is 61.3. The van der Waals surface area contributed by atoms with Crippen LogP contribution in [0, 0.1) is 0 Å². The minimum Gasteiger partial charge on any atom is -0.756 e. The average molecular weight is 1220 g/mol. The lowest BCUT2D eigenvalue weighted by Crippen LogP contribution is -2.37. The van der Waals surface area contributed by atoms with Crippen molar-refractivity contribution in [1.29, 1.82) is 0 Å². The number of esters is 2. The lowest BCUT2D eigenvalue weighted by Gasteiger charge is -2.28. The van der Waals surface area contributed by atoms with Crippen LogP contribution in [-0.4, -0.2) is 141 Å². The van der Waals surface area contributed by atoms with Crippen molar-refractivity contribution in [3.63, 3.8) is 0 Å². The van der Waals surface area contributed by atoms with Crippen molar-refractivity contribution < 1.29 is 74.5 Å². The number of ether oxygens (including phenoxy) is 4. The third kappa shape index (κ3) is 66.5. The summed E-state index contributed by atoms with van der Waals surface area (Å²) >= 11 is 0. The molecule has 0 aliphatic rings. The number of carbonyl (C=O) groups is 2. The first-order chi connectivity index (χ1) is 39.2. The van der Waals surface area contributed by atoms with E-state index >= 15 is 0 Å². The van der Waals surface area contributed by atoms with Crippen LogP contribution < -0.4 is 9.79 Å². The number of phosphoric ester groups is 2. The second kappa shape index (κ2) is 57.7. The largest absolute Gasteiger partial charge is 0.756 e. The van der Waals surface area contributed by atoms with Gasteiger partial charge < -0.3 is 55.8 Å². The smallest absolute Gasteiger partial charge is 0.306 e.